The van der Waals surface area contributed by atoms with Crippen molar-refractivity contribution in [2.75, 3.05) is 18.0 Å². The van der Waals surface area contributed by atoms with Gasteiger partial charge in [0.1, 0.15) is 23.5 Å². The zero-order chi connectivity index (χ0) is 17.1. The predicted molar refractivity (Wildman–Crippen MR) is 88.8 cm³/mol. The number of halogens is 1. The van der Waals surface area contributed by atoms with Gasteiger partial charge in [0.25, 0.3) is 0 Å². The van der Waals surface area contributed by atoms with E-state index in [1.54, 1.807) is 30.5 Å². The molecule has 124 valence electrons. The largest absolute Gasteiger partial charge is 0.487 e. The molecule has 24 heavy (non-hydrogen) atoms. The Labute approximate surface area is 140 Å². The SMILES string of the molecule is Cc1ncc(C)c(N2CC[C@@H](Oc3cccc(C#N)c3)[C@H](F)C2)n1. The Balaban J connectivity index is 1.69. The number of nitrogens with zero attached hydrogens (tertiary/aromatic N) is 4. The molecule has 1 fully saturated rings. The first-order valence-electron chi connectivity index (χ1n) is 7.93. The van der Waals surface area contributed by atoms with Crippen LogP contribution < -0.4 is 9.64 Å². The number of benzene rings is 1. The minimum atomic E-state index is -1.13. The Morgan fingerprint density at radius 1 is 1.38 bits per heavy atom. The molecule has 0 radical (unpaired) electrons. The Bertz CT molecular complexity index is 774. The highest BCUT2D eigenvalue weighted by Crippen LogP contribution is 2.26. The number of nitriles is 1. The van der Waals surface area contributed by atoms with Crippen LogP contribution in [0.4, 0.5) is 10.2 Å². The molecule has 0 unspecified atom stereocenters. The molecule has 2 atom stereocenters. The molecular weight excluding hydrogens is 307 g/mol. The zero-order valence-electron chi connectivity index (χ0n) is 13.7. The number of alkyl halides is 1. The lowest BCUT2D eigenvalue weighted by Gasteiger charge is -2.36. The number of hydrogen-bond acceptors (Lipinski definition) is 5. The van der Waals surface area contributed by atoms with Crippen molar-refractivity contribution in [3.8, 4) is 11.8 Å². The molecule has 1 aliphatic rings. The fourth-order valence-corrected chi connectivity index (χ4v) is 2.86. The van der Waals surface area contributed by atoms with Crippen LogP contribution in [-0.2, 0) is 0 Å². The van der Waals surface area contributed by atoms with Crippen molar-refractivity contribution in [3.63, 3.8) is 0 Å². The highest BCUT2D eigenvalue weighted by atomic mass is 19.1. The second kappa shape index (κ2) is 6.83. The van der Waals surface area contributed by atoms with Crippen LogP contribution in [0.3, 0.4) is 0 Å². The fraction of sp³-hybridized carbons (Fsp3) is 0.389. The number of aryl methyl sites for hydroxylation is 2. The number of ether oxygens (including phenoxy) is 1. The van der Waals surface area contributed by atoms with Gasteiger partial charge in [-0.15, -0.1) is 0 Å². The molecule has 1 saturated heterocycles. The average Bonchev–Trinajstić information content (AvgIpc) is 2.59. The summed E-state index contributed by atoms with van der Waals surface area (Å²) in [6, 6.07) is 8.88. The van der Waals surface area contributed by atoms with Crippen LogP contribution in [0.5, 0.6) is 5.75 Å². The van der Waals surface area contributed by atoms with E-state index < -0.39 is 12.3 Å². The van der Waals surface area contributed by atoms with Gasteiger partial charge in [0.2, 0.25) is 0 Å². The standard InChI is InChI=1S/C18H19FN4O/c1-12-10-21-13(2)22-18(12)23-7-6-17(16(19)11-23)24-15-5-3-4-14(8-15)9-20/h3-5,8,10,16-17H,6-7,11H2,1-2H3/t16-,17-/m1/s1. The highest BCUT2D eigenvalue weighted by Gasteiger charge is 2.32. The summed E-state index contributed by atoms with van der Waals surface area (Å²) < 4.78 is 20.4. The van der Waals surface area contributed by atoms with Crippen LogP contribution in [0.15, 0.2) is 30.5 Å². The number of anilines is 1. The van der Waals surface area contributed by atoms with Crippen molar-refractivity contribution in [2.24, 2.45) is 0 Å². The number of piperidine rings is 1. The minimum Gasteiger partial charge on any atom is -0.487 e. The third-order valence-electron chi connectivity index (χ3n) is 4.10. The molecular formula is C18H19FN4O. The number of rotatable bonds is 3. The monoisotopic (exact) mass is 326 g/mol. The van der Waals surface area contributed by atoms with E-state index in [9.17, 15) is 4.39 Å². The van der Waals surface area contributed by atoms with Crippen molar-refractivity contribution in [2.45, 2.75) is 32.5 Å². The maximum absolute atomic E-state index is 14.6. The smallest absolute Gasteiger partial charge is 0.154 e. The normalized spacial score (nSPS) is 20.5. The summed E-state index contributed by atoms with van der Waals surface area (Å²) in [7, 11) is 0. The van der Waals surface area contributed by atoms with Crippen LogP contribution >= 0.6 is 0 Å². The van der Waals surface area contributed by atoms with Gasteiger partial charge in [0, 0.05) is 24.7 Å². The van der Waals surface area contributed by atoms with Crippen LogP contribution in [0.1, 0.15) is 23.4 Å². The van der Waals surface area contributed by atoms with E-state index in [4.69, 9.17) is 10.00 Å². The Morgan fingerprint density at radius 2 is 2.21 bits per heavy atom. The molecule has 5 nitrogen and oxygen atoms in total. The van der Waals surface area contributed by atoms with Crippen molar-refractivity contribution in [1.82, 2.24) is 9.97 Å². The van der Waals surface area contributed by atoms with Gasteiger partial charge < -0.3 is 9.64 Å². The molecule has 2 heterocycles. The van der Waals surface area contributed by atoms with Gasteiger partial charge in [-0.3, -0.25) is 0 Å². The second-order valence-electron chi connectivity index (χ2n) is 5.97. The summed E-state index contributed by atoms with van der Waals surface area (Å²) in [6.45, 7) is 4.66. The molecule has 1 aliphatic heterocycles. The predicted octanol–water partition coefficient (Wildman–Crippen LogP) is 2.96. The zero-order valence-corrected chi connectivity index (χ0v) is 13.7. The van der Waals surface area contributed by atoms with Crippen LogP contribution in [0.25, 0.3) is 0 Å². The third kappa shape index (κ3) is 3.46. The summed E-state index contributed by atoms with van der Waals surface area (Å²) in [5, 5.41) is 8.93. The van der Waals surface area contributed by atoms with Gasteiger partial charge in [0.15, 0.2) is 6.17 Å². The quantitative estimate of drug-likeness (QED) is 0.868. The lowest BCUT2D eigenvalue weighted by atomic mass is 10.1. The maximum Gasteiger partial charge on any atom is 0.154 e. The van der Waals surface area contributed by atoms with Crippen LogP contribution in [0, 0.1) is 25.2 Å². The van der Waals surface area contributed by atoms with Crippen molar-refractivity contribution in [1.29, 1.82) is 5.26 Å². The second-order valence-corrected chi connectivity index (χ2v) is 5.97. The molecule has 2 aromatic rings. The van der Waals surface area contributed by atoms with Gasteiger partial charge in [-0.1, -0.05) is 6.07 Å². The van der Waals surface area contributed by atoms with Crippen molar-refractivity contribution >= 4 is 5.82 Å². The van der Waals surface area contributed by atoms with Gasteiger partial charge in [-0.25, -0.2) is 14.4 Å². The van der Waals surface area contributed by atoms with Gasteiger partial charge in [-0.05, 0) is 32.0 Å². The van der Waals surface area contributed by atoms with E-state index in [0.717, 1.165) is 11.4 Å². The first-order valence-corrected chi connectivity index (χ1v) is 7.93. The number of aromatic nitrogens is 2. The fourth-order valence-electron chi connectivity index (χ4n) is 2.86. The molecule has 0 spiro atoms. The summed E-state index contributed by atoms with van der Waals surface area (Å²) in [5.74, 6) is 2.00. The molecule has 0 N–H and O–H groups in total. The summed E-state index contributed by atoms with van der Waals surface area (Å²) in [5.41, 5.74) is 1.45. The van der Waals surface area contributed by atoms with Gasteiger partial charge >= 0.3 is 0 Å². The Morgan fingerprint density at radius 3 is 2.96 bits per heavy atom. The van der Waals surface area contributed by atoms with Crippen LogP contribution in [-0.4, -0.2) is 35.3 Å². The average molecular weight is 326 g/mol. The first kappa shape index (κ1) is 16.2. The van der Waals surface area contributed by atoms with Crippen molar-refractivity contribution in [3.05, 3.63) is 47.4 Å². The lowest BCUT2D eigenvalue weighted by Crippen LogP contribution is -2.47. The van der Waals surface area contributed by atoms with E-state index in [2.05, 4.69) is 16.0 Å². The first-order chi connectivity index (χ1) is 11.6. The Hall–Kier alpha value is -2.68. The molecule has 0 aliphatic carbocycles. The topological polar surface area (TPSA) is 62.0 Å². The molecule has 1 aromatic carbocycles. The van der Waals surface area contributed by atoms with E-state index in [1.165, 1.54) is 0 Å². The van der Waals surface area contributed by atoms with E-state index >= 15 is 0 Å². The molecule has 1 aromatic heterocycles. The number of hydrogen-bond donors (Lipinski definition) is 0. The lowest BCUT2D eigenvalue weighted by molar-refractivity contribution is 0.0818. The van der Waals surface area contributed by atoms with E-state index in [0.29, 0.717) is 30.1 Å². The molecule has 0 amide bonds. The van der Waals surface area contributed by atoms with Gasteiger partial charge in [0.05, 0.1) is 18.2 Å². The molecule has 6 heteroatoms. The third-order valence-corrected chi connectivity index (χ3v) is 4.10. The summed E-state index contributed by atoms with van der Waals surface area (Å²) in [6.07, 6.45) is 0.680. The maximum atomic E-state index is 14.6. The van der Waals surface area contributed by atoms with Gasteiger partial charge in [-0.2, -0.15) is 5.26 Å². The molecule has 0 saturated carbocycles. The molecule has 0 bridgehead atoms. The molecule has 3 rings (SSSR count). The minimum absolute atomic E-state index is 0.236. The Kier molecular flexibility index (Phi) is 4.61. The van der Waals surface area contributed by atoms with E-state index in [1.807, 2.05) is 18.7 Å². The van der Waals surface area contributed by atoms with Crippen molar-refractivity contribution < 1.29 is 9.13 Å². The highest BCUT2D eigenvalue weighted by molar-refractivity contribution is 5.46. The summed E-state index contributed by atoms with van der Waals surface area (Å²) >= 11 is 0. The van der Waals surface area contributed by atoms with Crippen LogP contribution in [0.2, 0.25) is 0 Å². The summed E-state index contributed by atoms with van der Waals surface area (Å²) in [4.78, 5) is 10.5. The van der Waals surface area contributed by atoms with E-state index in [-0.39, 0.29) is 6.54 Å².